The van der Waals surface area contributed by atoms with Gasteiger partial charge in [-0.1, -0.05) is 13.8 Å². The average molecular weight is 309 g/mol. The summed E-state index contributed by atoms with van der Waals surface area (Å²) in [5.41, 5.74) is 0.192. The van der Waals surface area contributed by atoms with Crippen molar-refractivity contribution in [2.75, 3.05) is 13.7 Å². The Bertz CT molecular complexity index is 563. The van der Waals surface area contributed by atoms with E-state index in [1.165, 1.54) is 12.3 Å². The van der Waals surface area contributed by atoms with E-state index in [1.54, 1.807) is 11.9 Å². The van der Waals surface area contributed by atoms with Gasteiger partial charge in [0.2, 0.25) is 0 Å². The van der Waals surface area contributed by atoms with E-state index in [4.69, 9.17) is 14.3 Å². The Balaban J connectivity index is 2.11. The minimum Gasteiger partial charge on any atom is -0.481 e. The summed E-state index contributed by atoms with van der Waals surface area (Å²) in [6.07, 6.45) is 1.99. The molecule has 22 heavy (non-hydrogen) atoms. The molecule has 1 heterocycles. The number of hydrogen-bond acceptors (Lipinski definition) is 4. The van der Waals surface area contributed by atoms with Crippen molar-refractivity contribution in [3.05, 3.63) is 23.7 Å². The summed E-state index contributed by atoms with van der Waals surface area (Å²) in [6.45, 7) is 6.78. The summed E-state index contributed by atoms with van der Waals surface area (Å²) in [7, 11) is 1.74. The van der Waals surface area contributed by atoms with Crippen LogP contribution >= 0.6 is 0 Å². The van der Waals surface area contributed by atoms with Crippen molar-refractivity contribution >= 4 is 11.9 Å². The molecule has 1 aliphatic rings. The van der Waals surface area contributed by atoms with E-state index < -0.39 is 5.97 Å². The fourth-order valence-corrected chi connectivity index (χ4v) is 3.14. The van der Waals surface area contributed by atoms with Gasteiger partial charge in [0, 0.05) is 25.1 Å². The molecular formula is C16H23NO5. The molecule has 6 nitrogen and oxygen atoms in total. The van der Waals surface area contributed by atoms with Gasteiger partial charge in [0.1, 0.15) is 12.2 Å². The summed E-state index contributed by atoms with van der Waals surface area (Å²) in [4.78, 5) is 25.1. The molecule has 0 unspecified atom stereocenters. The van der Waals surface area contributed by atoms with Gasteiger partial charge in [0.25, 0.3) is 5.91 Å². The normalized spacial score (nSPS) is 22.9. The lowest BCUT2D eigenvalue weighted by Gasteiger charge is -2.54. The molecule has 2 atom stereocenters. The molecular weight excluding hydrogens is 286 g/mol. The molecule has 0 radical (unpaired) electrons. The summed E-state index contributed by atoms with van der Waals surface area (Å²) in [5, 5.41) is 8.87. The molecule has 0 bridgehead atoms. The van der Waals surface area contributed by atoms with Gasteiger partial charge < -0.3 is 19.2 Å². The summed E-state index contributed by atoms with van der Waals surface area (Å²) < 4.78 is 10.8. The molecule has 1 aromatic rings. The van der Waals surface area contributed by atoms with Crippen LogP contribution in [0.15, 0.2) is 16.7 Å². The first kappa shape index (κ1) is 16.5. The second-order valence-electron chi connectivity index (χ2n) is 6.26. The van der Waals surface area contributed by atoms with Crippen LogP contribution in [-0.2, 0) is 16.0 Å². The number of carboxylic acid groups (broad SMARTS) is 1. The third kappa shape index (κ3) is 2.88. The van der Waals surface area contributed by atoms with Gasteiger partial charge in [-0.15, -0.1) is 0 Å². The van der Waals surface area contributed by atoms with Gasteiger partial charge in [-0.05, 0) is 19.4 Å². The summed E-state index contributed by atoms with van der Waals surface area (Å²) in [5.74, 6) is -1.03. The first-order valence-electron chi connectivity index (χ1n) is 7.46. The average Bonchev–Trinajstić information content (AvgIpc) is 2.88. The Kier molecular flexibility index (Phi) is 4.60. The van der Waals surface area contributed by atoms with Gasteiger partial charge in [-0.3, -0.25) is 9.59 Å². The minimum absolute atomic E-state index is 0.0594. The van der Waals surface area contributed by atoms with Gasteiger partial charge in [-0.25, -0.2) is 0 Å². The van der Waals surface area contributed by atoms with E-state index >= 15 is 0 Å². The zero-order chi connectivity index (χ0) is 16.5. The fraction of sp³-hybridized carbons (Fsp3) is 0.625. The number of rotatable bonds is 6. The molecule has 2 rings (SSSR count). The van der Waals surface area contributed by atoms with E-state index in [9.17, 15) is 9.59 Å². The van der Waals surface area contributed by atoms with Crippen molar-refractivity contribution in [1.82, 2.24) is 4.90 Å². The second kappa shape index (κ2) is 6.12. The van der Waals surface area contributed by atoms with E-state index in [-0.39, 0.29) is 35.6 Å². The van der Waals surface area contributed by atoms with Crippen molar-refractivity contribution < 1.29 is 23.8 Å². The Labute approximate surface area is 130 Å². The van der Waals surface area contributed by atoms with Crippen LogP contribution < -0.4 is 0 Å². The van der Waals surface area contributed by atoms with Crippen LogP contribution in [-0.4, -0.2) is 47.7 Å². The highest BCUT2D eigenvalue weighted by atomic mass is 16.5. The molecule has 1 saturated carbocycles. The van der Waals surface area contributed by atoms with Gasteiger partial charge in [-0.2, -0.15) is 0 Å². The third-order valence-corrected chi connectivity index (χ3v) is 4.57. The molecule has 122 valence electrons. The summed E-state index contributed by atoms with van der Waals surface area (Å²) in [6, 6.07) is 1.59. The van der Waals surface area contributed by atoms with E-state index in [1.807, 2.05) is 6.92 Å². The number of nitrogens with zero attached hydrogens (tertiary/aromatic N) is 1. The standard InChI is InChI=1S/C16H23NO5/c1-5-21-13-9-12(16(13,2)3)17(4)15(20)10-6-7-22-11(10)8-14(18)19/h6-7,12-13H,5,8-9H2,1-4H3,(H,18,19)/t12-,13-/m0/s1. The van der Waals surface area contributed by atoms with Crippen LogP contribution in [0.3, 0.4) is 0 Å². The van der Waals surface area contributed by atoms with Crippen LogP contribution in [0.25, 0.3) is 0 Å². The lowest BCUT2D eigenvalue weighted by molar-refractivity contribution is -0.136. The molecule has 1 aromatic heterocycles. The maximum absolute atomic E-state index is 12.6. The molecule has 1 amide bonds. The number of aliphatic carboxylic acids is 1. The van der Waals surface area contributed by atoms with Crippen LogP contribution in [0.2, 0.25) is 0 Å². The van der Waals surface area contributed by atoms with E-state index in [0.717, 1.165) is 6.42 Å². The SMILES string of the molecule is CCO[C@H]1C[C@H](N(C)C(=O)c2ccoc2CC(=O)O)C1(C)C. The monoisotopic (exact) mass is 309 g/mol. The lowest BCUT2D eigenvalue weighted by atomic mass is 9.63. The first-order valence-corrected chi connectivity index (χ1v) is 7.46. The predicted octanol–water partition coefficient (Wildman–Crippen LogP) is 2.18. The molecule has 1 fully saturated rings. The Morgan fingerprint density at radius 3 is 2.73 bits per heavy atom. The highest BCUT2D eigenvalue weighted by Crippen LogP contribution is 2.45. The number of carbonyl (C=O) groups is 2. The largest absolute Gasteiger partial charge is 0.481 e. The van der Waals surface area contributed by atoms with Crippen LogP contribution in [0.1, 0.15) is 43.3 Å². The molecule has 0 spiro atoms. The first-order chi connectivity index (χ1) is 10.3. The Morgan fingerprint density at radius 2 is 2.18 bits per heavy atom. The van der Waals surface area contributed by atoms with Crippen molar-refractivity contribution in [1.29, 1.82) is 0 Å². The Morgan fingerprint density at radius 1 is 1.50 bits per heavy atom. The van der Waals surface area contributed by atoms with Crippen LogP contribution in [0.5, 0.6) is 0 Å². The van der Waals surface area contributed by atoms with Crippen LogP contribution in [0, 0.1) is 5.41 Å². The third-order valence-electron chi connectivity index (χ3n) is 4.57. The molecule has 0 saturated heterocycles. The second-order valence-corrected chi connectivity index (χ2v) is 6.26. The maximum atomic E-state index is 12.6. The fourth-order valence-electron chi connectivity index (χ4n) is 3.14. The molecule has 6 heteroatoms. The zero-order valence-electron chi connectivity index (χ0n) is 13.5. The smallest absolute Gasteiger partial charge is 0.311 e. The molecule has 0 aromatic carbocycles. The number of furan rings is 1. The topological polar surface area (TPSA) is 80.0 Å². The maximum Gasteiger partial charge on any atom is 0.311 e. The number of carboxylic acids is 1. The van der Waals surface area contributed by atoms with Gasteiger partial charge in [0.05, 0.1) is 17.9 Å². The van der Waals surface area contributed by atoms with Crippen LogP contribution in [0.4, 0.5) is 0 Å². The number of hydrogen-bond donors (Lipinski definition) is 1. The lowest BCUT2D eigenvalue weighted by Crippen LogP contribution is -2.62. The number of ether oxygens (including phenoxy) is 1. The zero-order valence-corrected chi connectivity index (χ0v) is 13.5. The highest BCUT2D eigenvalue weighted by molar-refractivity contribution is 5.96. The van der Waals surface area contributed by atoms with Crippen molar-refractivity contribution in [2.24, 2.45) is 5.41 Å². The van der Waals surface area contributed by atoms with E-state index in [2.05, 4.69) is 13.8 Å². The Hall–Kier alpha value is -1.82. The van der Waals surface area contributed by atoms with Gasteiger partial charge in [0.15, 0.2) is 0 Å². The summed E-state index contributed by atoms with van der Waals surface area (Å²) >= 11 is 0. The quantitative estimate of drug-likeness (QED) is 0.871. The van der Waals surface area contributed by atoms with Gasteiger partial charge >= 0.3 is 5.97 Å². The predicted molar refractivity (Wildman–Crippen MR) is 79.7 cm³/mol. The van der Waals surface area contributed by atoms with Crippen molar-refractivity contribution in [3.63, 3.8) is 0 Å². The number of carbonyl (C=O) groups excluding carboxylic acids is 1. The molecule has 0 aliphatic heterocycles. The van der Waals surface area contributed by atoms with Crippen molar-refractivity contribution in [2.45, 2.75) is 45.8 Å². The minimum atomic E-state index is -1.02. The highest BCUT2D eigenvalue weighted by Gasteiger charge is 2.52. The van der Waals surface area contributed by atoms with Crippen molar-refractivity contribution in [3.8, 4) is 0 Å². The van der Waals surface area contributed by atoms with E-state index in [0.29, 0.717) is 12.2 Å². The number of amides is 1. The molecule has 1 N–H and O–H groups in total. The molecule has 1 aliphatic carbocycles.